The first-order chi connectivity index (χ1) is 24.3. The van der Waals surface area contributed by atoms with Crippen LogP contribution in [0.5, 0.6) is 17.2 Å². The third-order valence-electron chi connectivity index (χ3n) is 8.90. The molecule has 0 aliphatic carbocycles. The molecule has 0 saturated heterocycles. The number of hydrogen-bond acceptors (Lipinski definition) is 9. The van der Waals surface area contributed by atoms with Gasteiger partial charge in [0, 0.05) is 50.1 Å². The van der Waals surface area contributed by atoms with Crippen molar-refractivity contribution < 1.29 is 46.5 Å². The molecule has 276 valence electrons. The Bertz CT molecular complexity index is 1790. The highest BCUT2D eigenvalue weighted by Crippen LogP contribution is 2.34. The van der Waals surface area contributed by atoms with Crippen LogP contribution in [0, 0.1) is 11.7 Å². The normalized spacial score (nSPS) is 20.6. The van der Waals surface area contributed by atoms with E-state index in [-0.39, 0.29) is 43.1 Å². The van der Waals surface area contributed by atoms with Gasteiger partial charge in [0.15, 0.2) is 11.5 Å². The van der Waals surface area contributed by atoms with E-state index in [1.807, 2.05) is 13.8 Å². The molecule has 0 aromatic heterocycles. The van der Waals surface area contributed by atoms with Crippen LogP contribution in [0.25, 0.3) is 0 Å². The second kappa shape index (κ2) is 16.7. The Hall–Kier alpha value is -4.44. The Labute approximate surface area is 297 Å². The van der Waals surface area contributed by atoms with Crippen molar-refractivity contribution in [2.45, 2.75) is 63.2 Å². The first-order valence-electron chi connectivity index (χ1n) is 16.9. The Morgan fingerprint density at radius 3 is 2.37 bits per heavy atom. The quantitative estimate of drug-likeness (QED) is 0.280. The summed E-state index contributed by atoms with van der Waals surface area (Å²) in [5.74, 6) is 0.0262. The van der Waals surface area contributed by atoms with E-state index in [1.54, 1.807) is 37.3 Å². The summed E-state index contributed by atoms with van der Waals surface area (Å²) >= 11 is 0. The number of hydrogen-bond donors (Lipinski definition) is 3. The van der Waals surface area contributed by atoms with Gasteiger partial charge in [0.05, 0.1) is 35.3 Å². The molecule has 2 aliphatic rings. The molecule has 2 heterocycles. The number of aliphatic hydroxyl groups excluding tert-OH is 1. The SMILES string of the molecule is C[C@@H]1CN([C@H](C)CO)C(=O)c2cc(NC(=O)Nc3ccc4c(c3)OCO4)ccc2O[C@@H](C)CCCCO[C@H]1CN(C)S(=O)(=O)c1ccc(F)cc1. The third-order valence-corrected chi connectivity index (χ3v) is 10.7. The molecule has 3 aromatic carbocycles. The molecule has 3 N–H and O–H groups in total. The zero-order valence-electron chi connectivity index (χ0n) is 29.1. The van der Waals surface area contributed by atoms with Crippen molar-refractivity contribution in [2.75, 3.05) is 50.8 Å². The van der Waals surface area contributed by atoms with Gasteiger partial charge in [-0.05, 0) is 87.7 Å². The summed E-state index contributed by atoms with van der Waals surface area (Å²) in [7, 11) is -2.54. The van der Waals surface area contributed by atoms with Crippen LogP contribution in [0.2, 0.25) is 0 Å². The highest BCUT2D eigenvalue weighted by atomic mass is 32.2. The number of rotatable bonds is 8. The summed E-state index contributed by atoms with van der Waals surface area (Å²) < 4.78 is 64.7. The van der Waals surface area contributed by atoms with Gasteiger partial charge in [-0.3, -0.25) is 4.79 Å². The molecule has 0 radical (unpaired) electrons. The molecule has 13 nitrogen and oxygen atoms in total. The molecule has 51 heavy (non-hydrogen) atoms. The van der Waals surface area contributed by atoms with E-state index in [0.717, 1.165) is 18.6 Å². The summed E-state index contributed by atoms with van der Waals surface area (Å²) in [4.78, 5) is 28.8. The number of amides is 3. The lowest BCUT2D eigenvalue weighted by Gasteiger charge is -2.35. The van der Waals surface area contributed by atoms with Crippen LogP contribution in [0.4, 0.5) is 20.6 Å². The average molecular weight is 729 g/mol. The van der Waals surface area contributed by atoms with E-state index >= 15 is 0 Å². The van der Waals surface area contributed by atoms with Gasteiger partial charge in [-0.2, -0.15) is 4.31 Å². The number of ether oxygens (including phenoxy) is 4. The monoisotopic (exact) mass is 728 g/mol. The van der Waals surface area contributed by atoms with E-state index in [4.69, 9.17) is 18.9 Å². The summed E-state index contributed by atoms with van der Waals surface area (Å²) in [6.07, 6.45) is 1.20. The van der Waals surface area contributed by atoms with Gasteiger partial charge < -0.3 is 39.6 Å². The van der Waals surface area contributed by atoms with Crippen LogP contribution in [-0.4, -0.2) is 93.1 Å². The van der Waals surface area contributed by atoms with Gasteiger partial charge in [0.25, 0.3) is 5.91 Å². The van der Waals surface area contributed by atoms with Crippen molar-refractivity contribution in [3.8, 4) is 17.2 Å². The number of benzene rings is 3. The second-order valence-electron chi connectivity index (χ2n) is 12.9. The minimum Gasteiger partial charge on any atom is -0.490 e. The molecule has 3 aromatic rings. The number of nitrogens with zero attached hydrogens (tertiary/aromatic N) is 2. The van der Waals surface area contributed by atoms with Gasteiger partial charge in [0.2, 0.25) is 16.8 Å². The van der Waals surface area contributed by atoms with Crippen molar-refractivity contribution in [3.05, 3.63) is 72.0 Å². The lowest BCUT2D eigenvalue weighted by Crippen LogP contribution is -2.48. The highest BCUT2D eigenvalue weighted by molar-refractivity contribution is 7.89. The Balaban J connectivity index is 1.39. The van der Waals surface area contributed by atoms with Crippen LogP contribution in [0.15, 0.2) is 65.6 Å². The number of likely N-dealkylation sites (N-methyl/N-ethyl adjacent to an activating group) is 1. The minimum absolute atomic E-state index is 0.0287. The highest BCUT2D eigenvalue weighted by Gasteiger charge is 2.32. The van der Waals surface area contributed by atoms with E-state index in [0.29, 0.717) is 48.1 Å². The first-order valence-corrected chi connectivity index (χ1v) is 18.3. The molecule has 5 rings (SSSR count). The van der Waals surface area contributed by atoms with Gasteiger partial charge in [-0.25, -0.2) is 17.6 Å². The molecule has 15 heteroatoms. The summed E-state index contributed by atoms with van der Waals surface area (Å²) in [5, 5.41) is 15.8. The largest absolute Gasteiger partial charge is 0.490 e. The van der Waals surface area contributed by atoms with Crippen molar-refractivity contribution in [1.29, 1.82) is 0 Å². The molecule has 3 amide bonds. The molecular formula is C36H45FN4O9S. The van der Waals surface area contributed by atoms with Gasteiger partial charge in [0.1, 0.15) is 11.6 Å². The van der Waals surface area contributed by atoms with Crippen molar-refractivity contribution in [1.82, 2.24) is 9.21 Å². The lowest BCUT2D eigenvalue weighted by atomic mass is 10.0. The van der Waals surface area contributed by atoms with Crippen LogP contribution in [0.1, 0.15) is 50.4 Å². The lowest BCUT2D eigenvalue weighted by molar-refractivity contribution is -0.00834. The number of carbonyl (C=O) groups excluding carboxylic acids is 2. The molecule has 0 unspecified atom stereocenters. The number of sulfonamides is 1. The molecule has 0 spiro atoms. The van der Waals surface area contributed by atoms with Crippen molar-refractivity contribution in [3.63, 3.8) is 0 Å². The van der Waals surface area contributed by atoms with Crippen molar-refractivity contribution in [2.24, 2.45) is 5.92 Å². The van der Waals surface area contributed by atoms with Gasteiger partial charge in [-0.1, -0.05) is 6.92 Å². The topological polar surface area (TPSA) is 156 Å². The minimum atomic E-state index is -3.97. The third kappa shape index (κ3) is 9.47. The van der Waals surface area contributed by atoms with Gasteiger partial charge >= 0.3 is 6.03 Å². The molecule has 0 saturated carbocycles. The number of urea groups is 1. The second-order valence-corrected chi connectivity index (χ2v) is 14.9. The number of fused-ring (bicyclic) bond motifs is 2. The molecule has 0 fully saturated rings. The fourth-order valence-electron chi connectivity index (χ4n) is 5.87. The molecule has 0 bridgehead atoms. The molecule has 2 aliphatic heterocycles. The number of anilines is 2. The Kier molecular flexibility index (Phi) is 12.4. The van der Waals surface area contributed by atoms with E-state index in [2.05, 4.69) is 10.6 Å². The van der Waals surface area contributed by atoms with Crippen LogP contribution < -0.4 is 24.8 Å². The van der Waals surface area contributed by atoms with Gasteiger partial charge in [-0.15, -0.1) is 0 Å². The fourth-order valence-corrected chi connectivity index (χ4v) is 7.05. The smallest absolute Gasteiger partial charge is 0.323 e. The average Bonchev–Trinajstić information content (AvgIpc) is 3.57. The van der Waals surface area contributed by atoms with Crippen LogP contribution in [-0.2, 0) is 14.8 Å². The van der Waals surface area contributed by atoms with E-state index in [9.17, 15) is 27.5 Å². The fraction of sp³-hybridized carbons (Fsp3) is 0.444. The Morgan fingerprint density at radius 1 is 1.00 bits per heavy atom. The zero-order valence-corrected chi connectivity index (χ0v) is 30.0. The Morgan fingerprint density at radius 2 is 1.67 bits per heavy atom. The van der Waals surface area contributed by atoms with E-state index < -0.39 is 45.8 Å². The standard InChI is InChI=1S/C36H45FN4O9S/c1-23-19-41(24(2)21-42)35(43)30-17-27(38-36(44)39-28-11-15-32-33(18-28)49-22-48-32)10-14-31(30)50-25(3)7-5-6-16-47-34(23)20-40(4)51(45,46)29-12-8-26(37)9-13-29/h8-15,17-18,23-25,34,42H,5-7,16,19-22H2,1-4H3,(H2,38,39,44)/t23-,24-,25+,34+/m1/s1. The summed E-state index contributed by atoms with van der Waals surface area (Å²) in [6.45, 7) is 5.66. The van der Waals surface area contributed by atoms with Crippen LogP contribution in [0.3, 0.4) is 0 Å². The predicted molar refractivity (Wildman–Crippen MR) is 188 cm³/mol. The number of halogens is 1. The molecular weight excluding hydrogens is 683 g/mol. The summed E-state index contributed by atoms with van der Waals surface area (Å²) in [6, 6.07) is 13.3. The maximum Gasteiger partial charge on any atom is 0.323 e. The predicted octanol–water partition coefficient (Wildman–Crippen LogP) is 5.31. The van der Waals surface area contributed by atoms with E-state index in [1.165, 1.54) is 34.5 Å². The molecule has 4 atom stereocenters. The first kappa shape index (κ1) is 37.8. The number of aliphatic hydroxyl groups is 1. The maximum absolute atomic E-state index is 14.4. The zero-order chi connectivity index (χ0) is 36.7. The maximum atomic E-state index is 14.4. The summed E-state index contributed by atoms with van der Waals surface area (Å²) in [5.41, 5.74) is 0.991. The number of nitrogens with one attached hydrogen (secondary N) is 2. The van der Waals surface area contributed by atoms with Crippen LogP contribution >= 0.6 is 0 Å². The van der Waals surface area contributed by atoms with Crippen molar-refractivity contribution >= 4 is 33.3 Å². The number of carbonyl (C=O) groups is 2.